The molecule has 0 aromatic heterocycles. The van der Waals surface area contributed by atoms with Crippen molar-refractivity contribution in [2.45, 2.75) is 257 Å². The molecule has 0 aliphatic heterocycles. The molecule has 0 unspecified atom stereocenters. The van der Waals surface area contributed by atoms with Crippen LogP contribution in [0.3, 0.4) is 0 Å². The van der Waals surface area contributed by atoms with Crippen molar-refractivity contribution in [3.63, 3.8) is 0 Å². The second-order valence-electron chi connectivity index (χ2n) is 15.1. The number of hydrogen-bond acceptors (Lipinski definition) is 4. The van der Waals surface area contributed by atoms with Gasteiger partial charge in [-0.05, 0) is 51.4 Å². The fraction of sp³-hybridized carbons (Fsp3) is 0.870. The van der Waals surface area contributed by atoms with Gasteiger partial charge in [0.05, 0.1) is 0 Å². The Hall–Kier alpha value is -0.00857. The van der Waals surface area contributed by atoms with Gasteiger partial charge in [-0.2, -0.15) is 0 Å². The van der Waals surface area contributed by atoms with Gasteiger partial charge in [0.15, 0.2) is 0 Å². The Labute approximate surface area is 359 Å². The Morgan fingerprint density at radius 1 is 0.294 bits per heavy atom. The van der Waals surface area contributed by atoms with Crippen LogP contribution in [0, 0.1) is 0 Å². The molecular weight excluding hydrogens is 754 g/mol. The summed E-state index contributed by atoms with van der Waals surface area (Å²) < 4.78 is 0. The zero-order valence-electron chi connectivity index (χ0n) is 34.2. The van der Waals surface area contributed by atoms with Crippen LogP contribution >= 0.6 is 0 Å². The largest absolute Gasteiger partial charge is 2.00 e. The molecule has 0 aromatic carbocycles. The van der Waals surface area contributed by atoms with Crippen LogP contribution in [-0.4, -0.2) is 60.8 Å². The number of allylic oxidation sites excluding steroid dienone is 2. The summed E-state index contributed by atoms with van der Waals surface area (Å²) in [6.07, 6.45) is 54.5. The van der Waals surface area contributed by atoms with E-state index in [-0.39, 0.29) is 61.7 Å². The predicted octanol–water partition coefficient (Wildman–Crippen LogP) is 13.1. The minimum atomic E-state index is -0.903. The molecule has 0 aromatic rings. The quantitative estimate of drug-likeness (QED) is 0.0348. The van der Waals surface area contributed by atoms with Crippen molar-refractivity contribution in [1.82, 2.24) is 0 Å². The van der Waals surface area contributed by atoms with E-state index in [1.54, 1.807) is 0 Å². The average Bonchev–Trinajstić information content (AvgIpc) is 3.10. The van der Waals surface area contributed by atoms with Crippen LogP contribution in [0.4, 0.5) is 0 Å². The van der Waals surface area contributed by atoms with Crippen LogP contribution in [0.25, 0.3) is 0 Å². The number of carbonyl (C=O) groups is 2. The monoisotopic (exact) mass is 841 g/mol. The van der Waals surface area contributed by atoms with Crippen LogP contribution in [0.5, 0.6) is 0 Å². The summed E-state index contributed by atoms with van der Waals surface area (Å²) in [5.41, 5.74) is 0. The molecular formula is C46H86BaO4. The summed E-state index contributed by atoms with van der Waals surface area (Å²) in [7, 11) is 0. The molecule has 0 saturated heterocycles. The number of carbonyl (C=O) groups excluding carboxylic acids is 2. The van der Waals surface area contributed by atoms with Gasteiger partial charge in [-0.3, -0.25) is 0 Å². The molecule has 0 radical (unpaired) electrons. The first kappa shape index (κ1) is 55.3. The molecule has 0 atom stereocenters. The summed E-state index contributed by atoms with van der Waals surface area (Å²) >= 11 is 0. The van der Waals surface area contributed by atoms with Crippen LogP contribution in [0.1, 0.15) is 257 Å². The number of unbranched alkanes of at least 4 members (excludes halogenated alkanes) is 36. The smallest absolute Gasteiger partial charge is 0.550 e. The van der Waals surface area contributed by atoms with Gasteiger partial charge in [0.2, 0.25) is 0 Å². The minimum Gasteiger partial charge on any atom is -0.550 e. The molecule has 0 fully saturated rings. The average molecular weight is 841 g/mol. The normalized spacial score (nSPS) is 10.7. The van der Waals surface area contributed by atoms with Gasteiger partial charge < -0.3 is 19.8 Å². The van der Waals surface area contributed by atoms with Crippen LogP contribution in [0.15, 0.2) is 25.3 Å². The third kappa shape index (κ3) is 59.5. The Balaban J connectivity index is -0.000000886. The summed E-state index contributed by atoms with van der Waals surface area (Å²) in [4.78, 5) is 20.6. The number of aliphatic carboxylic acids is 2. The molecule has 0 bridgehead atoms. The SMILES string of the molecule is C=CCCCCCCCCCCCCCCCCCCCCC(=O)[O-].C=CCCCCCCCCCCCCCCCCCCCCC(=O)[O-].[Ba+2]. The standard InChI is InChI=1S/2C23H44O2.Ba/c2*1-2-3-4-5-6-7-8-9-10-11-12-13-14-15-16-17-18-19-20-21-22-23(24)25;/h2*2H,1,3-22H2,(H,24,25);/q;;+2/p-2. The van der Waals surface area contributed by atoms with Crippen molar-refractivity contribution in [2.75, 3.05) is 0 Å². The van der Waals surface area contributed by atoms with E-state index in [1.165, 1.54) is 218 Å². The van der Waals surface area contributed by atoms with Gasteiger partial charge in [-0.25, -0.2) is 0 Å². The van der Waals surface area contributed by atoms with Gasteiger partial charge in [-0.15, -0.1) is 13.2 Å². The van der Waals surface area contributed by atoms with Crippen molar-refractivity contribution in [1.29, 1.82) is 0 Å². The second kappa shape index (κ2) is 52.1. The molecule has 0 amide bonds. The van der Waals surface area contributed by atoms with Gasteiger partial charge in [0.25, 0.3) is 0 Å². The summed E-state index contributed by atoms with van der Waals surface area (Å²) in [6, 6.07) is 0. The van der Waals surface area contributed by atoms with Crippen LogP contribution < -0.4 is 10.2 Å². The van der Waals surface area contributed by atoms with E-state index in [0.29, 0.717) is 0 Å². The predicted molar refractivity (Wildman–Crippen MR) is 221 cm³/mol. The number of carboxylic acids is 2. The summed E-state index contributed by atoms with van der Waals surface area (Å²) in [5.74, 6) is -1.81. The van der Waals surface area contributed by atoms with Crippen molar-refractivity contribution >= 4 is 60.8 Å². The summed E-state index contributed by atoms with van der Waals surface area (Å²) in [5, 5.41) is 20.6. The molecule has 4 nitrogen and oxygen atoms in total. The molecule has 0 spiro atoms. The van der Waals surface area contributed by atoms with E-state index in [2.05, 4.69) is 13.2 Å². The zero-order chi connectivity index (χ0) is 36.9. The maximum Gasteiger partial charge on any atom is 2.00 e. The van der Waals surface area contributed by atoms with Gasteiger partial charge in [0.1, 0.15) is 0 Å². The fourth-order valence-corrected chi connectivity index (χ4v) is 6.77. The Bertz CT molecular complexity index is 637. The minimum absolute atomic E-state index is 0. The molecule has 5 heteroatoms. The van der Waals surface area contributed by atoms with E-state index in [9.17, 15) is 19.8 Å². The first-order chi connectivity index (χ1) is 24.5. The molecule has 0 aliphatic carbocycles. The fourth-order valence-electron chi connectivity index (χ4n) is 6.77. The number of rotatable bonds is 42. The third-order valence-electron chi connectivity index (χ3n) is 10.1. The van der Waals surface area contributed by atoms with Gasteiger partial charge >= 0.3 is 48.9 Å². The van der Waals surface area contributed by atoms with Crippen molar-refractivity contribution < 1.29 is 19.8 Å². The molecule has 51 heavy (non-hydrogen) atoms. The Morgan fingerprint density at radius 2 is 0.431 bits per heavy atom. The maximum atomic E-state index is 10.3. The molecule has 296 valence electrons. The Kier molecular flexibility index (Phi) is 56.5. The molecule has 0 rings (SSSR count). The molecule has 0 aliphatic rings. The Morgan fingerprint density at radius 3 is 0.569 bits per heavy atom. The maximum absolute atomic E-state index is 10.3. The van der Waals surface area contributed by atoms with E-state index < -0.39 is 11.9 Å². The van der Waals surface area contributed by atoms with E-state index in [1.807, 2.05) is 12.2 Å². The number of carboxylic acid groups (broad SMARTS) is 2. The van der Waals surface area contributed by atoms with Gasteiger partial charge in [0, 0.05) is 11.9 Å². The third-order valence-corrected chi connectivity index (χ3v) is 10.1. The zero-order valence-corrected chi connectivity index (χ0v) is 38.6. The van der Waals surface area contributed by atoms with Crippen LogP contribution in [0.2, 0.25) is 0 Å². The van der Waals surface area contributed by atoms with E-state index in [4.69, 9.17) is 0 Å². The van der Waals surface area contributed by atoms with Crippen molar-refractivity contribution in [3.05, 3.63) is 25.3 Å². The molecule has 0 heterocycles. The van der Waals surface area contributed by atoms with E-state index in [0.717, 1.165) is 25.7 Å². The van der Waals surface area contributed by atoms with Crippen molar-refractivity contribution in [2.24, 2.45) is 0 Å². The van der Waals surface area contributed by atoms with Crippen LogP contribution in [-0.2, 0) is 9.59 Å². The second-order valence-corrected chi connectivity index (χ2v) is 15.1. The molecule has 0 N–H and O–H groups in total. The summed E-state index contributed by atoms with van der Waals surface area (Å²) in [6.45, 7) is 7.53. The number of hydrogen-bond donors (Lipinski definition) is 0. The van der Waals surface area contributed by atoms with Gasteiger partial charge in [-0.1, -0.05) is 218 Å². The molecule has 0 saturated carbocycles. The topological polar surface area (TPSA) is 80.3 Å². The first-order valence-electron chi connectivity index (χ1n) is 22.2. The van der Waals surface area contributed by atoms with Crippen molar-refractivity contribution in [3.8, 4) is 0 Å². The first-order valence-corrected chi connectivity index (χ1v) is 22.2. The van der Waals surface area contributed by atoms with E-state index >= 15 is 0 Å².